The number of benzene rings is 9. The van der Waals surface area contributed by atoms with E-state index in [0.717, 1.165) is 11.4 Å². The van der Waals surface area contributed by atoms with Gasteiger partial charge in [-0.15, -0.1) is 0 Å². The van der Waals surface area contributed by atoms with Crippen molar-refractivity contribution < 1.29 is 0 Å². The minimum absolute atomic E-state index is 0.00874. The Morgan fingerprint density at radius 2 is 1.01 bits per heavy atom. The molecule has 0 fully saturated rings. The number of para-hydroxylation sites is 3. The molecule has 0 radical (unpaired) electrons. The fourth-order valence-corrected chi connectivity index (χ4v) is 12.4. The second-order valence-corrected chi connectivity index (χ2v) is 21.7. The van der Waals surface area contributed by atoms with Crippen LogP contribution in [-0.4, -0.2) is 6.71 Å². The molecule has 4 aliphatic rings. The van der Waals surface area contributed by atoms with Crippen molar-refractivity contribution in [1.29, 1.82) is 0 Å². The van der Waals surface area contributed by atoms with E-state index in [2.05, 4.69) is 287 Å². The number of hydrogen-bond donors (Lipinski definition) is 0. The van der Waals surface area contributed by atoms with Crippen molar-refractivity contribution in [3.8, 4) is 11.1 Å². The third kappa shape index (κ3) is 7.08. The summed E-state index contributed by atoms with van der Waals surface area (Å²) in [5, 5.41) is 0. The summed E-state index contributed by atoms with van der Waals surface area (Å²) >= 11 is 0. The molecule has 0 spiro atoms. The van der Waals surface area contributed by atoms with Gasteiger partial charge >= 0.3 is 0 Å². The quantitative estimate of drug-likeness (QED) is 0.147. The van der Waals surface area contributed by atoms with E-state index in [1.54, 1.807) is 0 Å². The number of hydrogen-bond acceptors (Lipinski definition) is 2. The Labute approximate surface area is 426 Å². The highest BCUT2D eigenvalue weighted by molar-refractivity contribution is 7.00. The van der Waals surface area contributed by atoms with Gasteiger partial charge in [0.25, 0.3) is 6.71 Å². The van der Waals surface area contributed by atoms with E-state index in [-0.39, 0.29) is 29.4 Å². The molecule has 0 bridgehead atoms. The van der Waals surface area contributed by atoms with Crippen LogP contribution < -0.4 is 26.2 Å². The topological polar surface area (TPSA) is 6.48 Å². The Balaban J connectivity index is 1.08. The van der Waals surface area contributed by atoms with Gasteiger partial charge in [-0.3, -0.25) is 0 Å². The second-order valence-electron chi connectivity index (χ2n) is 21.7. The average molecular weight is 925 g/mol. The summed E-state index contributed by atoms with van der Waals surface area (Å²) in [6.45, 7) is 11.8. The van der Waals surface area contributed by atoms with Crippen molar-refractivity contribution in [1.82, 2.24) is 0 Å². The van der Waals surface area contributed by atoms with Crippen LogP contribution in [0.1, 0.15) is 79.5 Å². The third-order valence-electron chi connectivity index (χ3n) is 16.1. The van der Waals surface area contributed by atoms with Crippen LogP contribution in [0.5, 0.6) is 0 Å². The number of fused-ring (bicyclic) bond motifs is 6. The molecule has 2 heterocycles. The van der Waals surface area contributed by atoms with Crippen molar-refractivity contribution in [3.05, 3.63) is 287 Å². The molecule has 9 aromatic carbocycles. The van der Waals surface area contributed by atoms with Crippen LogP contribution in [0.3, 0.4) is 0 Å². The maximum atomic E-state index is 2.57. The van der Waals surface area contributed by atoms with Crippen LogP contribution in [0.25, 0.3) is 16.7 Å². The molecule has 0 aromatic heterocycles. The van der Waals surface area contributed by atoms with E-state index in [1.165, 1.54) is 100 Å². The van der Waals surface area contributed by atoms with E-state index in [9.17, 15) is 0 Å². The Morgan fingerprint density at radius 1 is 0.431 bits per heavy atom. The zero-order valence-corrected chi connectivity index (χ0v) is 41.7. The summed E-state index contributed by atoms with van der Waals surface area (Å²) in [6, 6.07) is 82.2. The van der Waals surface area contributed by atoms with Crippen molar-refractivity contribution in [3.63, 3.8) is 0 Å². The number of rotatable bonds is 7. The summed E-state index contributed by atoms with van der Waals surface area (Å²) in [5.74, 6) is 0.274. The lowest BCUT2D eigenvalue weighted by Gasteiger charge is -2.45. The van der Waals surface area contributed by atoms with E-state index < -0.39 is 0 Å². The number of anilines is 6. The summed E-state index contributed by atoms with van der Waals surface area (Å²) in [6.07, 6.45) is 9.30. The summed E-state index contributed by atoms with van der Waals surface area (Å²) in [5.41, 5.74) is 25.1. The summed E-state index contributed by atoms with van der Waals surface area (Å²) in [7, 11) is 0. The molecule has 0 N–H and O–H groups in total. The standard InChI is InChI=1S/C69H57BN2/c1-68(2,3)52-41-47(40-49(42-52)66-57-34-20-18-32-55(57)65(46-24-10-6-11-25-46)56-33-19-21-35-58(56)66)48-43-63-67-64(44-48)72(54-30-16-9-17-31-54)62-45-51(69(4,5)50-26-12-7-13-27-50)38-39-60(62)70(67)59-36-22-23-37-61(59)71(63)53-28-14-8-15-29-53/h6-45,57,66H,1-5H3. The molecular formula is C69H57BN2. The van der Waals surface area contributed by atoms with Crippen molar-refractivity contribution in [2.75, 3.05) is 9.80 Å². The molecule has 0 amide bonds. The molecule has 2 nitrogen and oxygen atoms in total. The van der Waals surface area contributed by atoms with Gasteiger partial charge in [-0.1, -0.05) is 229 Å². The highest BCUT2D eigenvalue weighted by Gasteiger charge is 2.44. The van der Waals surface area contributed by atoms with E-state index >= 15 is 0 Å². The highest BCUT2D eigenvalue weighted by atomic mass is 15.2. The molecule has 72 heavy (non-hydrogen) atoms. The molecule has 3 heteroatoms. The maximum Gasteiger partial charge on any atom is 0.252 e. The predicted octanol–water partition coefficient (Wildman–Crippen LogP) is 15.7. The van der Waals surface area contributed by atoms with E-state index in [0.29, 0.717) is 0 Å². The van der Waals surface area contributed by atoms with Crippen molar-refractivity contribution in [2.24, 2.45) is 5.92 Å². The van der Waals surface area contributed by atoms with Gasteiger partial charge in [0.15, 0.2) is 0 Å². The fraction of sp³-hybridized carbons (Fsp3) is 0.130. The molecule has 9 aromatic rings. The zero-order valence-electron chi connectivity index (χ0n) is 41.7. The predicted molar refractivity (Wildman–Crippen MR) is 306 cm³/mol. The SMILES string of the molecule is CC(C)(C)c1cc(-c2cc3c4c(c2)N(c2ccccc2)c2cc(C(C)(C)c5ccccc5)ccc2B4c2ccccc2N3c2ccccc2)cc(C2c3ccccc3C(c3ccccc3)=C3C=CC=CC32)c1. The van der Waals surface area contributed by atoms with E-state index in [1.807, 2.05) is 0 Å². The first-order valence-electron chi connectivity index (χ1n) is 25.7. The Hall–Kier alpha value is -8.14. The molecule has 2 aliphatic heterocycles. The number of nitrogens with zero attached hydrogens (tertiary/aromatic N) is 2. The minimum Gasteiger partial charge on any atom is -0.311 e. The van der Waals surface area contributed by atoms with Gasteiger partial charge in [0.2, 0.25) is 0 Å². The van der Waals surface area contributed by atoms with Crippen molar-refractivity contribution in [2.45, 2.75) is 51.4 Å². The van der Waals surface area contributed by atoms with Gasteiger partial charge in [-0.2, -0.15) is 0 Å². The molecule has 0 saturated heterocycles. The Kier molecular flexibility index (Phi) is 10.4. The Bertz CT molecular complexity index is 3650. The van der Waals surface area contributed by atoms with E-state index in [4.69, 9.17) is 0 Å². The van der Waals surface area contributed by atoms with Crippen LogP contribution in [0.4, 0.5) is 34.1 Å². The van der Waals surface area contributed by atoms with Crippen LogP contribution in [0.2, 0.25) is 0 Å². The molecule has 2 unspecified atom stereocenters. The smallest absolute Gasteiger partial charge is 0.252 e. The zero-order chi connectivity index (χ0) is 48.7. The molecule has 2 aliphatic carbocycles. The molecule has 0 saturated carbocycles. The van der Waals surface area contributed by atoms with Gasteiger partial charge in [-0.05, 0) is 132 Å². The average Bonchev–Trinajstić information content (AvgIpc) is 3.42. The van der Waals surface area contributed by atoms with Crippen LogP contribution in [0, 0.1) is 5.92 Å². The van der Waals surface area contributed by atoms with Gasteiger partial charge in [-0.25, -0.2) is 0 Å². The normalized spacial score (nSPS) is 16.4. The Morgan fingerprint density at radius 3 is 1.71 bits per heavy atom. The lowest BCUT2D eigenvalue weighted by atomic mass is 9.33. The minimum atomic E-state index is -0.234. The maximum absolute atomic E-state index is 2.57. The van der Waals surface area contributed by atoms with Crippen LogP contribution >= 0.6 is 0 Å². The molecule has 13 rings (SSSR count). The van der Waals surface area contributed by atoms with Gasteiger partial charge < -0.3 is 9.80 Å². The third-order valence-corrected chi connectivity index (χ3v) is 16.1. The number of allylic oxidation sites excluding steroid dienone is 5. The lowest BCUT2D eigenvalue weighted by Crippen LogP contribution is -2.61. The fourth-order valence-electron chi connectivity index (χ4n) is 12.4. The first kappa shape index (κ1) is 43.9. The summed E-state index contributed by atoms with van der Waals surface area (Å²) < 4.78 is 0. The summed E-state index contributed by atoms with van der Waals surface area (Å²) in [4.78, 5) is 5.10. The monoisotopic (exact) mass is 924 g/mol. The van der Waals surface area contributed by atoms with Gasteiger partial charge in [0.05, 0.1) is 0 Å². The van der Waals surface area contributed by atoms with Crippen molar-refractivity contribution >= 4 is 62.8 Å². The lowest BCUT2D eigenvalue weighted by molar-refractivity contribution is 0.585. The highest BCUT2D eigenvalue weighted by Crippen LogP contribution is 2.52. The van der Waals surface area contributed by atoms with Crippen LogP contribution in [0.15, 0.2) is 248 Å². The first-order chi connectivity index (χ1) is 35.1. The molecular weight excluding hydrogens is 868 g/mol. The largest absolute Gasteiger partial charge is 0.311 e. The van der Waals surface area contributed by atoms with Crippen LogP contribution in [-0.2, 0) is 10.8 Å². The first-order valence-corrected chi connectivity index (χ1v) is 25.7. The molecule has 346 valence electrons. The molecule has 2 atom stereocenters. The van der Waals surface area contributed by atoms with Gasteiger partial charge in [0.1, 0.15) is 0 Å². The van der Waals surface area contributed by atoms with Gasteiger partial charge in [0, 0.05) is 51.4 Å². The second kappa shape index (κ2) is 17.0.